The Morgan fingerprint density at radius 2 is 2.00 bits per heavy atom. The van der Waals surface area contributed by atoms with Crippen LogP contribution in [0.4, 0.5) is 0 Å². The molecule has 1 heterocycles. The highest BCUT2D eigenvalue weighted by molar-refractivity contribution is 5.91. The molecular formula is C18H17N3O2. The number of amides is 1. The molecule has 5 nitrogen and oxygen atoms in total. The zero-order valence-corrected chi connectivity index (χ0v) is 12.8. The monoisotopic (exact) mass is 307 g/mol. The summed E-state index contributed by atoms with van der Waals surface area (Å²) in [6.07, 6.45) is 6.61. The van der Waals surface area contributed by atoms with Gasteiger partial charge in [0.05, 0.1) is 6.04 Å². The number of carbonyl (C=O) groups excluding carboxylic acids is 1. The summed E-state index contributed by atoms with van der Waals surface area (Å²) < 4.78 is 5.17. The van der Waals surface area contributed by atoms with E-state index >= 15 is 0 Å². The van der Waals surface area contributed by atoms with E-state index in [0.29, 0.717) is 5.75 Å². The van der Waals surface area contributed by atoms with Gasteiger partial charge in [0, 0.05) is 18.5 Å². The summed E-state index contributed by atoms with van der Waals surface area (Å²) in [6.45, 7) is 1.94. The topological polar surface area (TPSA) is 75.0 Å². The van der Waals surface area contributed by atoms with Gasteiger partial charge in [-0.15, -0.1) is 0 Å². The Bertz CT molecular complexity index is 703. The first kappa shape index (κ1) is 16.2. The third kappa shape index (κ3) is 5.29. The molecule has 1 unspecified atom stereocenters. The van der Waals surface area contributed by atoms with Crippen LogP contribution >= 0.6 is 0 Å². The van der Waals surface area contributed by atoms with E-state index in [1.807, 2.05) is 37.3 Å². The van der Waals surface area contributed by atoms with E-state index in [0.717, 1.165) is 11.1 Å². The highest BCUT2D eigenvalue weighted by atomic mass is 16.5. The molecule has 5 heteroatoms. The molecule has 1 N–H and O–H groups in total. The van der Waals surface area contributed by atoms with E-state index < -0.39 is 0 Å². The molecule has 0 radical (unpaired) electrons. The van der Waals surface area contributed by atoms with Crippen LogP contribution in [0.5, 0.6) is 5.75 Å². The number of hydrogen-bond acceptors (Lipinski definition) is 4. The molecule has 2 rings (SSSR count). The van der Waals surface area contributed by atoms with Crippen molar-refractivity contribution in [3.05, 3.63) is 66.0 Å². The van der Waals surface area contributed by atoms with Crippen LogP contribution in [0.15, 0.2) is 54.9 Å². The average molecular weight is 307 g/mol. The van der Waals surface area contributed by atoms with Gasteiger partial charge in [0.25, 0.3) is 0 Å². The summed E-state index contributed by atoms with van der Waals surface area (Å²) in [4.78, 5) is 15.9. The molecule has 23 heavy (non-hydrogen) atoms. The predicted molar refractivity (Wildman–Crippen MR) is 87.4 cm³/mol. The van der Waals surface area contributed by atoms with Gasteiger partial charge < -0.3 is 10.1 Å². The van der Waals surface area contributed by atoms with Crippen molar-refractivity contribution in [3.8, 4) is 11.8 Å². The Labute approximate surface area is 135 Å². The van der Waals surface area contributed by atoms with Crippen molar-refractivity contribution in [2.75, 3.05) is 6.61 Å². The molecule has 0 saturated heterocycles. The number of nitrogens with zero attached hydrogens (tertiary/aromatic N) is 2. The zero-order valence-electron chi connectivity index (χ0n) is 12.8. The largest absolute Gasteiger partial charge is 0.479 e. The van der Waals surface area contributed by atoms with Crippen molar-refractivity contribution >= 4 is 12.0 Å². The fourth-order valence-corrected chi connectivity index (χ4v) is 1.96. The normalized spacial score (nSPS) is 11.7. The van der Waals surface area contributed by atoms with Crippen molar-refractivity contribution in [2.24, 2.45) is 0 Å². The second kappa shape index (κ2) is 8.35. The minimum absolute atomic E-state index is 0.0183. The lowest BCUT2D eigenvalue weighted by atomic mass is 10.1. The molecule has 0 spiro atoms. The smallest absolute Gasteiger partial charge is 0.244 e. The van der Waals surface area contributed by atoms with Crippen LogP contribution < -0.4 is 10.1 Å². The molecule has 1 aromatic heterocycles. The quantitative estimate of drug-likeness (QED) is 0.833. The van der Waals surface area contributed by atoms with Crippen LogP contribution in [-0.2, 0) is 4.79 Å². The maximum Gasteiger partial charge on any atom is 0.244 e. The Balaban J connectivity index is 1.89. The number of rotatable bonds is 6. The third-order valence-electron chi connectivity index (χ3n) is 3.18. The Morgan fingerprint density at radius 3 is 2.65 bits per heavy atom. The molecule has 0 aliphatic carbocycles. The molecular weight excluding hydrogens is 290 g/mol. The van der Waals surface area contributed by atoms with E-state index in [1.165, 1.54) is 6.08 Å². The van der Waals surface area contributed by atoms with Crippen LogP contribution in [0.25, 0.3) is 6.08 Å². The minimum atomic E-state index is -0.167. The van der Waals surface area contributed by atoms with Gasteiger partial charge in [-0.25, -0.2) is 0 Å². The Hall–Kier alpha value is -3.13. The van der Waals surface area contributed by atoms with Gasteiger partial charge >= 0.3 is 0 Å². The number of carbonyl (C=O) groups is 1. The highest BCUT2D eigenvalue weighted by Gasteiger charge is 2.06. The molecule has 0 fully saturated rings. The average Bonchev–Trinajstić information content (AvgIpc) is 2.59. The minimum Gasteiger partial charge on any atom is -0.479 e. The molecule has 0 saturated carbocycles. The summed E-state index contributed by atoms with van der Waals surface area (Å²) in [7, 11) is 0. The van der Waals surface area contributed by atoms with Gasteiger partial charge in [-0.2, -0.15) is 5.26 Å². The Kier molecular flexibility index (Phi) is 5.89. The van der Waals surface area contributed by atoms with Crippen molar-refractivity contribution in [1.82, 2.24) is 10.3 Å². The van der Waals surface area contributed by atoms with Gasteiger partial charge in [-0.1, -0.05) is 12.1 Å². The number of nitrogens with one attached hydrogen (secondary N) is 1. The summed E-state index contributed by atoms with van der Waals surface area (Å²) in [5, 5.41) is 11.3. The number of pyridine rings is 1. The standard InChI is InChI=1S/C18H17N3O2/c1-14(16-8-11-20-12-9-16)21-18(22)7-4-15-2-5-17(6-3-15)23-13-10-19/h2-9,11-12,14H,13H2,1H3,(H,21,22)/b7-4+. The van der Waals surface area contributed by atoms with Crippen LogP contribution in [0.1, 0.15) is 24.1 Å². The van der Waals surface area contributed by atoms with Crippen LogP contribution in [0, 0.1) is 11.3 Å². The lowest BCUT2D eigenvalue weighted by Crippen LogP contribution is -2.24. The Morgan fingerprint density at radius 1 is 1.30 bits per heavy atom. The van der Waals surface area contributed by atoms with E-state index in [2.05, 4.69) is 10.3 Å². The summed E-state index contributed by atoms with van der Waals surface area (Å²) in [5.74, 6) is 0.457. The lowest BCUT2D eigenvalue weighted by molar-refractivity contribution is -0.117. The molecule has 0 aliphatic heterocycles. The third-order valence-corrected chi connectivity index (χ3v) is 3.18. The van der Waals surface area contributed by atoms with E-state index in [9.17, 15) is 4.79 Å². The number of benzene rings is 1. The maximum absolute atomic E-state index is 11.9. The van der Waals surface area contributed by atoms with Gasteiger partial charge in [-0.3, -0.25) is 9.78 Å². The number of nitriles is 1. The number of aromatic nitrogens is 1. The summed E-state index contributed by atoms with van der Waals surface area (Å²) >= 11 is 0. The van der Waals surface area contributed by atoms with Gasteiger partial charge in [-0.05, 0) is 48.4 Å². The molecule has 1 aromatic carbocycles. The van der Waals surface area contributed by atoms with Crippen molar-refractivity contribution in [2.45, 2.75) is 13.0 Å². The summed E-state index contributed by atoms with van der Waals surface area (Å²) in [5.41, 5.74) is 1.88. The summed E-state index contributed by atoms with van der Waals surface area (Å²) in [6, 6.07) is 12.7. The molecule has 0 aliphatic rings. The van der Waals surface area contributed by atoms with Gasteiger partial charge in [0.2, 0.25) is 5.91 Å². The fraction of sp³-hybridized carbons (Fsp3) is 0.167. The van der Waals surface area contributed by atoms with E-state index in [-0.39, 0.29) is 18.6 Å². The SMILES string of the molecule is CC(NC(=O)/C=C/c1ccc(OCC#N)cc1)c1ccncc1. The van der Waals surface area contributed by atoms with Crippen molar-refractivity contribution in [3.63, 3.8) is 0 Å². The van der Waals surface area contributed by atoms with E-state index in [1.54, 1.807) is 30.6 Å². The molecule has 1 atom stereocenters. The molecule has 0 bridgehead atoms. The molecule has 2 aromatic rings. The molecule has 116 valence electrons. The van der Waals surface area contributed by atoms with Gasteiger partial charge in [0.1, 0.15) is 11.8 Å². The maximum atomic E-state index is 11.9. The first-order valence-electron chi connectivity index (χ1n) is 7.17. The predicted octanol–water partition coefficient (Wildman–Crippen LogP) is 2.87. The number of ether oxygens (including phenoxy) is 1. The zero-order chi connectivity index (χ0) is 16.5. The van der Waals surface area contributed by atoms with Gasteiger partial charge in [0.15, 0.2) is 6.61 Å². The highest BCUT2D eigenvalue weighted by Crippen LogP contribution is 2.13. The second-order valence-corrected chi connectivity index (χ2v) is 4.86. The van der Waals surface area contributed by atoms with Crippen molar-refractivity contribution < 1.29 is 9.53 Å². The first-order valence-corrected chi connectivity index (χ1v) is 7.17. The van der Waals surface area contributed by atoms with Crippen LogP contribution in [0.3, 0.4) is 0 Å². The first-order chi connectivity index (χ1) is 11.2. The molecule has 1 amide bonds. The van der Waals surface area contributed by atoms with Crippen molar-refractivity contribution in [1.29, 1.82) is 5.26 Å². The second-order valence-electron chi connectivity index (χ2n) is 4.86. The van der Waals surface area contributed by atoms with Crippen LogP contribution in [0.2, 0.25) is 0 Å². The van der Waals surface area contributed by atoms with Crippen LogP contribution in [-0.4, -0.2) is 17.5 Å². The number of hydrogen-bond donors (Lipinski definition) is 1. The lowest BCUT2D eigenvalue weighted by Gasteiger charge is -2.12. The van der Waals surface area contributed by atoms with E-state index in [4.69, 9.17) is 10.00 Å². The fourth-order valence-electron chi connectivity index (χ4n) is 1.96.